The number of nitrogens with zero attached hydrogens (tertiary/aromatic N) is 3. The Morgan fingerprint density at radius 1 is 1.27 bits per heavy atom. The number of hydrogen-bond acceptors (Lipinski definition) is 6. The summed E-state index contributed by atoms with van der Waals surface area (Å²) >= 11 is 1.48. The number of thiazole rings is 1. The van der Waals surface area contributed by atoms with Crippen LogP contribution in [0.3, 0.4) is 0 Å². The molecule has 30 heavy (non-hydrogen) atoms. The van der Waals surface area contributed by atoms with Crippen molar-refractivity contribution in [1.29, 1.82) is 0 Å². The summed E-state index contributed by atoms with van der Waals surface area (Å²) in [6.45, 7) is 3.41. The van der Waals surface area contributed by atoms with Crippen LogP contribution in [0.15, 0.2) is 48.1 Å². The van der Waals surface area contributed by atoms with Gasteiger partial charge in [-0.2, -0.15) is 0 Å². The lowest BCUT2D eigenvalue weighted by Crippen LogP contribution is -2.51. The van der Waals surface area contributed by atoms with Crippen molar-refractivity contribution in [1.82, 2.24) is 14.3 Å². The van der Waals surface area contributed by atoms with E-state index in [1.165, 1.54) is 11.3 Å². The van der Waals surface area contributed by atoms with Crippen molar-refractivity contribution >= 4 is 28.2 Å². The average molecular weight is 428 g/mol. The molecular formula is C22H25N3O4S. The number of esters is 1. The Bertz CT molecular complexity index is 987. The van der Waals surface area contributed by atoms with Gasteiger partial charge in [-0.05, 0) is 38.3 Å². The van der Waals surface area contributed by atoms with Crippen molar-refractivity contribution in [3.63, 3.8) is 0 Å². The lowest BCUT2D eigenvalue weighted by molar-refractivity contribution is -0.159. The number of benzene rings is 1. The molecule has 0 radical (unpaired) electrons. The van der Waals surface area contributed by atoms with Crippen molar-refractivity contribution in [2.45, 2.75) is 26.2 Å². The fourth-order valence-electron chi connectivity index (χ4n) is 3.94. The lowest BCUT2D eigenvalue weighted by Gasteiger charge is -2.40. The maximum absolute atomic E-state index is 13.1. The SMILES string of the molecule is CCOC(=O)[C@@]1(CCOc2ccccc2)CCCN(C(=O)c2cn3ccsc3n2)C1. The summed E-state index contributed by atoms with van der Waals surface area (Å²) in [5.41, 5.74) is -0.363. The van der Waals surface area contributed by atoms with Gasteiger partial charge >= 0.3 is 5.97 Å². The molecule has 0 bridgehead atoms. The summed E-state index contributed by atoms with van der Waals surface area (Å²) in [5.74, 6) is 0.353. The number of ether oxygens (including phenoxy) is 2. The molecule has 1 saturated heterocycles. The van der Waals surface area contributed by atoms with E-state index >= 15 is 0 Å². The molecule has 3 aromatic rings. The molecule has 8 heteroatoms. The quantitative estimate of drug-likeness (QED) is 0.538. The number of rotatable bonds is 7. The first kappa shape index (κ1) is 20.4. The van der Waals surface area contributed by atoms with Crippen LogP contribution in [0.1, 0.15) is 36.7 Å². The lowest BCUT2D eigenvalue weighted by atomic mass is 9.77. The average Bonchev–Trinajstić information content (AvgIpc) is 3.37. The highest BCUT2D eigenvalue weighted by Crippen LogP contribution is 2.36. The first-order chi connectivity index (χ1) is 14.6. The highest BCUT2D eigenvalue weighted by molar-refractivity contribution is 7.15. The third-order valence-corrected chi connectivity index (χ3v) is 6.25. The number of likely N-dealkylation sites (tertiary alicyclic amines) is 1. The topological polar surface area (TPSA) is 73.1 Å². The van der Waals surface area contributed by atoms with E-state index in [4.69, 9.17) is 9.47 Å². The van der Waals surface area contributed by atoms with Gasteiger partial charge in [0.1, 0.15) is 11.4 Å². The molecule has 3 heterocycles. The van der Waals surface area contributed by atoms with Gasteiger partial charge in [0, 0.05) is 30.9 Å². The normalized spacial score (nSPS) is 19.0. The van der Waals surface area contributed by atoms with Crippen LogP contribution in [0.2, 0.25) is 0 Å². The minimum atomic E-state index is -0.768. The zero-order valence-electron chi connectivity index (χ0n) is 17.0. The van der Waals surface area contributed by atoms with Crippen LogP contribution < -0.4 is 4.74 Å². The number of imidazole rings is 1. The van der Waals surface area contributed by atoms with E-state index in [0.29, 0.717) is 44.8 Å². The number of hydrogen-bond donors (Lipinski definition) is 0. The van der Waals surface area contributed by atoms with Crippen LogP contribution in [-0.4, -0.2) is 52.5 Å². The summed E-state index contributed by atoms with van der Waals surface area (Å²) in [5, 5.41) is 1.93. The molecule has 4 rings (SSSR count). The van der Waals surface area contributed by atoms with E-state index in [9.17, 15) is 9.59 Å². The smallest absolute Gasteiger partial charge is 0.314 e. The molecule has 0 aliphatic carbocycles. The maximum Gasteiger partial charge on any atom is 0.314 e. The summed E-state index contributed by atoms with van der Waals surface area (Å²) in [6, 6.07) is 9.52. The van der Waals surface area contributed by atoms with E-state index in [2.05, 4.69) is 4.98 Å². The Morgan fingerprint density at radius 3 is 2.87 bits per heavy atom. The number of fused-ring (bicyclic) bond motifs is 1. The second kappa shape index (κ2) is 8.87. The van der Waals surface area contributed by atoms with Crippen LogP contribution in [0, 0.1) is 5.41 Å². The van der Waals surface area contributed by atoms with Crippen LogP contribution in [-0.2, 0) is 9.53 Å². The van der Waals surface area contributed by atoms with E-state index in [0.717, 1.165) is 17.1 Å². The third-order valence-electron chi connectivity index (χ3n) is 5.48. The van der Waals surface area contributed by atoms with E-state index < -0.39 is 5.41 Å². The van der Waals surface area contributed by atoms with Gasteiger partial charge in [-0.15, -0.1) is 11.3 Å². The maximum atomic E-state index is 13.1. The molecule has 1 fully saturated rings. The van der Waals surface area contributed by atoms with E-state index in [1.54, 1.807) is 18.0 Å². The second-order valence-electron chi connectivity index (χ2n) is 7.46. The predicted molar refractivity (Wildman–Crippen MR) is 114 cm³/mol. The monoisotopic (exact) mass is 427 g/mol. The minimum absolute atomic E-state index is 0.150. The number of carbonyl (C=O) groups is 2. The molecule has 0 unspecified atom stereocenters. The van der Waals surface area contributed by atoms with Crippen LogP contribution >= 0.6 is 11.3 Å². The molecule has 1 aromatic carbocycles. The van der Waals surface area contributed by atoms with E-state index in [-0.39, 0.29) is 11.9 Å². The van der Waals surface area contributed by atoms with Gasteiger partial charge in [-0.25, -0.2) is 4.98 Å². The van der Waals surface area contributed by atoms with Gasteiger partial charge in [0.25, 0.3) is 5.91 Å². The number of para-hydroxylation sites is 1. The Morgan fingerprint density at radius 2 is 2.10 bits per heavy atom. The fourth-order valence-corrected chi connectivity index (χ4v) is 4.64. The standard InChI is InChI=1S/C22H25N3O4S/c1-2-28-20(27)22(10-13-29-17-7-4-3-5-8-17)9-6-11-25(16-22)19(26)18-15-24-12-14-30-21(24)23-18/h3-5,7-8,12,14-15H,2,6,9-11,13,16H2,1H3/t22-/m1/s1. The van der Waals surface area contributed by atoms with Gasteiger partial charge in [-0.3, -0.25) is 14.0 Å². The van der Waals surface area contributed by atoms with Crippen molar-refractivity contribution in [3.8, 4) is 5.75 Å². The first-order valence-corrected chi connectivity index (χ1v) is 11.1. The zero-order valence-corrected chi connectivity index (χ0v) is 17.8. The van der Waals surface area contributed by atoms with Gasteiger partial charge in [0.15, 0.2) is 4.96 Å². The molecule has 0 saturated carbocycles. The number of piperidine rings is 1. The zero-order chi connectivity index (χ0) is 21.0. The summed E-state index contributed by atoms with van der Waals surface area (Å²) in [7, 11) is 0. The molecule has 1 aliphatic heterocycles. The molecule has 1 atom stereocenters. The number of amides is 1. The second-order valence-corrected chi connectivity index (χ2v) is 8.33. The number of carbonyl (C=O) groups excluding carboxylic acids is 2. The van der Waals surface area contributed by atoms with Gasteiger partial charge in [0.05, 0.1) is 18.6 Å². The molecule has 1 amide bonds. The van der Waals surface area contributed by atoms with Crippen molar-refractivity contribution in [2.75, 3.05) is 26.3 Å². The Hall–Kier alpha value is -2.87. The van der Waals surface area contributed by atoms with Crippen LogP contribution in [0.25, 0.3) is 4.96 Å². The van der Waals surface area contributed by atoms with Crippen molar-refractivity contribution < 1.29 is 19.1 Å². The third kappa shape index (κ3) is 4.18. The molecular weight excluding hydrogens is 402 g/mol. The summed E-state index contributed by atoms with van der Waals surface area (Å²) in [6.07, 6.45) is 5.52. The van der Waals surface area contributed by atoms with Crippen molar-refractivity contribution in [3.05, 3.63) is 53.8 Å². The predicted octanol–water partition coefficient (Wildman–Crippen LogP) is 3.65. The Labute approximate surface area is 179 Å². The molecule has 2 aromatic heterocycles. The summed E-state index contributed by atoms with van der Waals surface area (Å²) < 4.78 is 13.1. The van der Waals surface area contributed by atoms with Crippen molar-refractivity contribution in [2.24, 2.45) is 5.41 Å². The molecule has 1 aliphatic rings. The minimum Gasteiger partial charge on any atom is -0.494 e. The number of aromatic nitrogens is 2. The van der Waals surface area contributed by atoms with Gasteiger partial charge in [0.2, 0.25) is 0 Å². The van der Waals surface area contributed by atoms with Crippen LogP contribution in [0.4, 0.5) is 0 Å². The highest BCUT2D eigenvalue weighted by Gasteiger charge is 2.45. The molecule has 7 nitrogen and oxygen atoms in total. The highest BCUT2D eigenvalue weighted by atomic mass is 32.1. The van der Waals surface area contributed by atoms with Gasteiger partial charge < -0.3 is 14.4 Å². The van der Waals surface area contributed by atoms with E-state index in [1.807, 2.05) is 46.3 Å². The Balaban J connectivity index is 1.49. The first-order valence-electron chi connectivity index (χ1n) is 10.2. The molecule has 0 N–H and O–H groups in total. The Kier molecular flexibility index (Phi) is 6.03. The van der Waals surface area contributed by atoms with Gasteiger partial charge in [-0.1, -0.05) is 18.2 Å². The van der Waals surface area contributed by atoms with Crippen LogP contribution in [0.5, 0.6) is 5.75 Å². The summed E-state index contributed by atoms with van der Waals surface area (Å²) in [4.78, 5) is 33.0. The fraction of sp³-hybridized carbons (Fsp3) is 0.409. The molecule has 158 valence electrons. The largest absolute Gasteiger partial charge is 0.494 e. The molecule has 0 spiro atoms.